The number of rotatable bonds is 4. The number of esters is 1. The Bertz CT molecular complexity index is 735. The zero-order chi connectivity index (χ0) is 20.1. The lowest BCUT2D eigenvalue weighted by Gasteiger charge is -2.56. The molecule has 4 aliphatic carbocycles. The Labute approximate surface area is 168 Å². The molecule has 6 atom stereocenters. The minimum Gasteiger partial charge on any atom is -0.501 e. The lowest BCUT2D eigenvalue weighted by atomic mass is 9.48. The fourth-order valence-electron chi connectivity index (χ4n) is 7.26. The summed E-state index contributed by atoms with van der Waals surface area (Å²) in [7, 11) is 1.78. The number of ketones is 1. The van der Waals surface area contributed by atoms with Gasteiger partial charge in [0.2, 0.25) is 0 Å². The molecule has 0 radical (unpaired) electrons. The summed E-state index contributed by atoms with van der Waals surface area (Å²) in [4.78, 5) is 24.0. The summed E-state index contributed by atoms with van der Waals surface area (Å²) < 4.78 is 10.6. The van der Waals surface area contributed by atoms with Crippen LogP contribution in [0.3, 0.4) is 0 Å². The molecule has 2 saturated carbocycles. The number of hydrogen-bond acceptors (Lipinski definition) is 4. The lowest BCUT2D eigenvalue weighted by Crippen LogP contribution is -2.50. The third kappa shape index (κ3) is 2.95. The largest absolute Gasteiger partial charge is 0.501 e. The Morgan fingerprint density at radius 2 is 1.93 bits per heavy atom. The van der Waals surface area contributed by atoms with Crippen LogP contribution in [0.15, 0.2) is 23.5 Å². The molecule has 4 aliphatic rings. The second-order valence-corrected chi connectivity index (χ2v) is 9.93. The van der Waals surface area contributed by atoms with Crippen LogP contribution in [0.1, 0.15) is 65.7 Å². The van der Waals surface area contributed by atoms with Crippen LogP contribution in [-0.4, -0.2) is 25.5 Å². The summed E-state index contributed by atoms with van der Waals surface area (Å²) in [6, 6.07) is 0. The summed E-state index contributed by atoms with van der Waals surface area (Å²) in [6.45, 7) is 6.11. The van der Waals surface area contributed by atoms with Crippen LogP contribution >= 0.6 is 0 Å². The Morgan fingerprint density at radius 1 is 1.14 bits per heavy atom. The van der Waals surface area contributed by atoms with Gasteiger partial charge in [0.15, 0.2) is 5.78 Å². The molecule has 0 spiro atoms. The molecule has 154 valence electrons. The lowest BCUT2D eigenvalue weighted by molar-refractivity contribution is -0.149. The van der Waals surface area contributed by atoms with Crippen molar-refractivity contribution in [3.63, 3.8) is 0 Å². The number of Topliss-reactive ketones (excluding diaryl/α,β-unsaturated/α-hetero) is 1. The summed E-state index contributed by atoms with van der Waals surface area (Å²) >= 11 is 0. The minimum atomic E-state index is -0.365. The Balaban J connectivity index is 1.57. The molecule has 0 N–H and O–H groups in total. The second kappa shape index (κ2) is 7.03. The van der Waals surface area contributed by atoms with E-state index in [1.165, 1.54) is 18.9 Å². The molecule has 28 heavy (non-hydrogen) atoms. The SMILES string of the molecule is COC1=CC2=CC[C@H]3[C@@H]4CC[C@H](C(=O)COC(C)=O)[C@@]4(C)CC[C@@H]3[C@@]2(C)CC1. The first-order valence-electron chi connectivity index (χ1n) is 10.9. The van der Waals surface area contributed by atoms with Gasteiger partial charge in [0.1, 0.15) is 6.61 Å². The van der Waals surface area contributed by atoms with E-state index in [9.17, 15) is 9.59 Å². The van der Waals surface area contributed by atoms with Crippen molar-refractivity contribution < 1.29 is 19.1 Å². The summed E-state index contributed by atoms with van der Waals surface area (Å²) in [5.41, 5.74) is 1.77. The van der Waals surface area contributed by atoms with Crippen molar-refractivity contribution in [3.05, 3.63) is 23.5 Å². The molecular formula is C24H34O4. The van der Waals surface area contributed by atoms with Gasteiger partial charge in [-0.15, -0.1) is 0 Å². The maximum Gasteiger partial charge on any atom is 0.303 e. The first-order valence-corrected chi connectivity index (χ1v) is 10.9. The quantitative estimate of drug-likeness (QED) is 0.649. The van der Waals surface area contributed by atoms with E-state index in [0.29, 0.717) is 17.8 Å². The molecule has 0 bridgehead atoms. The van der Waals surface area contributed by atoms with E-state index < -0.39 is 0 Å². The molecule has 0 aromatic heterocycles. The van der Waals surface area contributed by atoms with Gasteiger partial charge in [-0.2, -0.15) is 0 Å². The predicted octanol–water partition coefficient (Wildman–Crippen LogP) is 4.84. The maximum absolute atomic E-state index is 12.8. The molecule has 4 rings (SSSR count). The molecule has 0 amide bonds. The van der Waals surface area contributed by atoms with Gasteiger partial charge in [0.25, 0.3) is 0 Å². The standard InChI is InChI=1S/C24H34O4/c1-15(25)28-14-22(26)21-8-7-19-18-6-5-16-13-17(27-4)9-11-23(16,2)20(18)10-12-24(19,21)3/h5,13,18-21H,6-12,14H2,1-4H3/t18-,19-,20-,21+,23-,24-/m0/s1. The second-order valence-electron chi connectivity index (χ2n) is 9.93. The van der Waals surface area contributed by atoms with Crippen molar-refractivity contribution in [1.29, 1.82) is 0 Å². The smallest absolute Gasteiger partial charge is 0.303 e. The average molecular weight is 387 g/mol. The normalized spacial score (nSPS) is 41.7. The number of hydrogen-bond donors (Lipinski definition) is 0. The van der Waals surface area contributed by atoms with E-state index in [0.717, 1.165) is 44.3 Å². The van der Waals surface area contributed by atoms with Gasteiger partial charge in [0.05, 0.1) is 12.9 Å². The minimum absolute atomic E-state index is 0.0438. The average Bonchev–Trinajstić information content (AvgIpc) is 3.02. The van der Waals surface area contributed by atoms with Crippen molar-refractivity contribution in [3.8, 4) is 0 Å². The summed E-state index contributed by atoms with van der Waals surface area (Å²) in [5.74, 6) is 2.87. The predicted molar refractivity (Wildman–Crippen MR) is 107 cm³/mol. The molecule has 2 fully saturated rings. The highest BCUT2D eigenvalue weighted by atomic mass is 16.5. The van der Waals surface area contributed by atoms with E-state index in [4.69, 9.17) is 9.47 Å². The van der Waals surface area contributed by atoms with Crippen LogP contribution in [-0.2, 0) is 19.1 Å². The number of ether oxygens (including phenoxy) is 2. The zero-order valence-electron chi connectivity index (χ0n) is 17.8. The van der Waals surface area contributed by atoms with Gasteiger partial charge in [-0.3, -0.25) is 9.59 Å². The Kier molecular flexibility index (Phi) is 4.96. The van der Waals surface area contributed by atoms with Crippen LogP contribution in [0.5, 0.6) is 0 Å². The van der Waals surface area contributed by atoms with Crippen LogP contribution < -0.4 is 0 Å². The fraction of sp³-hybridized carbons (Fsp3) is 0.750. The molecular weight excluding hydrogens is 352 g/mol. The molecule has 0 aromatic rings. The highest BCUT2D eigenvalue weighted by molar-refractivity contribution is 5.85. The van der Waals surface area contributed by atoms with E-state index >= 15 is 0 Å². The third-order valence-electron chi connectivity index (χ3n) is 8.80. The first-order chi connectivity index (χ1) is 13.3. The van der Waals surface area contributed by atoms with E-state index in [2.05, 4.69) is 26.0 Å². The van der Waals surface area contributed by atoms with Gasteiger partial charge < -0.3 is 9.47 Å². The van der Waals surface area contributed by atoms with E-state index in [1.807, 2.05) is 0 Å². The Morgan fingerprint density at radius 3 is 2.64 bits per heavy atom. The summed E-state index contributed by atoms with van der Waals surface area (Å²) in [6.07, 6.45) is 12.4. The van der Waals surface area contributed by atoms with Gasteiger partial charge >= 0.3 is 5.97 Å². The number of carbonyl (C=O) groups is 2. The van der Waals surface area contributed by atoms with Gasteiger partial charge in [-0.1, -0.05) is 19.9 Å². The molecule has 0 saturated heterocycles. The molecule has 0 aromatic carbocycles. The number of methoxy groups -OCH3 is 1. The van der Waals surface area contributed by atoms with Crippen molar-refractivity contribution in [2.45, 2.75) is 65.7 Å². The summed E-state index contributed by atoms with van der Waals surface area (Å²) in [5, 5.41) is 0. The zero-order valence-corrected chi connectivity index (χ0v) is 17.8. The van der Waals surface area contributed by atoms with E-state index in [1.54, 1.807) is 7.11 Å². The van der Waals surface area contributed by atoms with Crippen molar-refractivity contribution in [2.75, 3.05) is 13.7 Å². The fourth-order valence-corrected chi connectivity index (χ4v) is 7.26. The molecule has 0 unspecified atom stereocenters. The topological polar surface area (TPSA) is 52.6 Å². The first kappa shape index (κ1) is 19.7. The number of allylic oxidation sites excluding steroid dienone is 4. The van der Waals surface area contributed by atoms with Crippen molar-refractivity contribution >= 4 is 11.8 Å². The molecule has 4 heteroatoms. The third-order valence-corrected chi connectivity index (χ3v) is 8.80. The van der Waals surface area contributed by atoms with Gasteiger partial charge in [-0.05, 0) is 78.8 Å². The molecule has 0 aliphatic heterocycles. The highest BCUT2D eigenvalue weighted by Crippen LogP contribution is 2.66. The van der Waals surface area contributed by atoms with E-state index in [-0.39, 0.29) is 35.1 Å². The van der Waals surface area contributed by atoms with Crippen LogP contribution in [0.25, 0.3) is 0 Å². The van der Waals surface area contributed by atoms with Gasteiger partial charge in [-0.25, -0.2) is 0 Å². The van der Waals surface area contributed by atoms with Crippen LogP contribution in [0.2, 0.25) is 0 Å². The van der Waals surface area contributed by atoms with Crippen LogP contribution in [0, 0.1) is 34.5 Å². The van der Waals surface area contributed by atoms with Crippen LogP contribution in [0.4, 0.5) is 0 Å². The molecule has 0 heterocycles. The van der Waals surface area contributed by atoms with Gasteiger partial charge in [0, 0.05) is 19.3 Å². The Hall–Kier alpha value is -1.58. The number of carbonyl (C=O) groups excluding carboxylic acids is 2. The number of fused-ring (bicyclic) bond motifs is 5. The highest BCUT2D eigenvalue weighted by Gasteiger charge is 2.59. The monoisotopic (exact) mass is 386 g/mol. The van der Waals surface area contributed by atoms with Crippen molar-refractivity contribution in [2.24, 2.45) is 34.5 Å². The van der Waals surface area contributed by atoms with Crippen molar-refractivity contribution in [1.82, 2.24) is 0 Å². The molecule has 4 nitrogen and oxygen atoms in total. The maximum atomic E-state index is 12.8.